The molecule has 6 nitrogen and oxygen atoms in total. The third kappa shape index (κ3) is 2.59. The SMILES string of the molecule is COC(=O)c1nccc(N(CCO)C2CCC2)n1. The molecule has 0 aromatic carbocycles. The molecule has 0 aliphatic heterocycles. The molecule has 1 aromatic rings. The Balaban J connectivity index is 2.21. The molecular weight excluding hydrogens is 234 g/mol. The number of ether oxygens (including phenoxy) is 1. The van der Waals surface area contributed by atoms with Gasteiger partial charge in [0.05, 0.1) is 13.7 Å². The first-order chi connectivity index (χ1) is 8.76. The summed E-state index contributed by atoms with van der Waals surface area (Å²) in [5.74, 6) is 0.177. The van der Waals surface area contributed by atoms with Crippen molar-refractivity contribution < 1.29 is 14.6 Å². The van der Waals surface area contributed by atoms with Gasteiger partial charge in [-0.05, 0) is 25.3 Å². The number of hydrogen-bond donors (Lipinski definition) is 1. The van der Waals surface area contributed by atoms with Crippen LogP contribution in [0.4, 0.5) is 5.82 Å². The number of rotatable bonds is 5. The molecule has 1 saturated carbocycles. The van der Waals surface area contributed by atoms with Gasteiger partial charge in [0.25, 0.3) is 0 Å². The van der Waals surface area contributed by atoms with Gasteiger partial charge in [-0.25, -0.2) is 14.8 Å². The minimum absolute atomic E-state index is 0.0530. The standard InChI is InChI=1S/C12H17N3O3/c1-18-12(17)11-13-6-5-10(14-11)15(7-8-16)9-3-2-4-9/h5-6,9,16H,2-4,7-8H2,1H3. The molecule has 1 aliphatic carbocycles. The second-order valence-electron chi connectivity index (χ2n) is 4.23. The molecule has 0 unspecified atom stereocenters. The molecule has 2 rings (SSSR count). The van der Waals surface area contributed by atoms with Crippen molar-refractivity contribution >= 4 is 11.8 Å². The van der Waals surface area contributed by atoms with Gasteiger partial charge in [-0.2, -0.15) is 0 Å². The van der Waals surface area contributed by atoms with Crippen LogP contribution in [-0.4, -0.2) is 47.3 Å². The molecule has 1 fully saturated rings. The van der Waals surface area contributed by atoms with Crippen LogP contribution in [0.15, 0.2) is 12.3 Å². The van der Waals surface area contributed by atoms with Crippen molar-refractivity contribution in [3.8, 4) is 0 Å². The molecule has 0 spiro atoms. The monoisotopic (exact) mass is 251 g/mol. The Hall–Kier alpha value is -1.69. The van der Waals surface area contributed by atoms with Crippen LogP contribution in [0.1, 0.15) is 29.9 Å². The lowest BCUT2D eigenvalue weighted by Gasteiger charge is -2.38. The summed E-state index contributed by atoms with van der Waals surface area (Å²) in [7, 11) is 1.30. The summed E-state index contributed by atoms with van der Waals surface area (Å²) in [4.78, 5) is 21.5. The Bertz CT molecular complexity index is 421. The smallest absolute Gasteiger partial charge is 0.376 e. The lowest BCUT2D eigenvalue weighted by atomic mass is 9.91. The van der Waals surface area contributed by atoms with Crippen molar-refractivity contribution in [2.75, 3.05) is 25.2 Å². The Morgan fingerprint density at radius 1 is 1.61 bits per heavy atom. The van der Waals surface area contributed by atoms with Gasteiger partial charge >= 0.3 is 5.97 Å². The molecule has 1 aromatic heterocycles. The Morgan fingerprint density at radius 3 is 2.94 bits per heavy atom. The summed E-state index contributed by atoms with van der Waals surface area (Å²) in [6.45, 7) is 0.580. The summed E-state index contributed by atoms with van der Waals surface area (Å²) in [6.07, 6.45) is 4.92. The van der Waals surface area contributed by atoms with Crippen molar-refractivity contribution in [1.29, 1.82) is 0 Å². The quantitative estimate of drug-likeness (QED) is 0.773. The maximum atomic E-state index is 11.4. The van der Waals surface area contributed by atoms with Crippen molar-refractivity contribution in [2.24, 2.45) is 0 Å². The predicted molar refractivity (Wildman–Crippen MR) is 65.4 cm³/mol. The number of carbonyl (C=O) groups excluding carboxylic acids is 1. The van der Waals surface area contributed by atoms with E-state index in [1.165, 1.54) is 19.7 Å². The van der Waals surface area contributed by atoms with Crippen LogP contribution in [0.2, 0.25) is 0 Å². The van der Waals surface area contributed by atoms with Crippen LogP contribution in [0.5, 0.6) is 0 Å². The molecule has 98 valence electrons. The number of methoxy groups -OCH3 is 1. The molecule has 1 aliphatic rings. The fraction of sp³-hybridized carbons (Fsp3) is 0.583. The third-order valence-corrected chi connectivity index (χ3v) is 3.16. The lowest BCUT2D eigenvalue weighted by molar-refractivity contribution is 0.0586. The van der Waals surface area contributed by atoms with E-state index in [1.807, 2.05) is 4.90 Å². The highest BCUT2D eigenvalue weighted by Gasteiger charge is 2.26. The van der Waals surface area contributed by atoms with Crippen molar-refractivity contribution in [1.82, 2.24) is 9.97 Å². The van der Waals surface area contributed by atoms with E-state index >= 15 is 0 Å². The van der Waals surface area contributed by atoms with Crippen LogP contribution >= 0.6 is 0 Å². The van der Waals surface area contributed by atoms with Gasteiger partial charge in [-0.15, -0.1) is 0 Å². The predicted octanol–water partition coefficient (Wildman–Crippen LogP) is 0.614. The average Bonchev–Trinajstić information content (AvgIpc) is 2.35. The van der Waals surface area contributed by atoms with Crippen molar-refractivity contribution in [2.45, 2.75) is 25.3 Å². The normalized spacial score (nSPS) is 15.0. The largest absolute Gasteiger partial charge is 0.463 e. The third-order valence-electron chi connectivity index (χ3n) is 3.16. The van der Waals surface area contributed by atoms with E-state index in [0.717, 1.165) is 12.8 Å². The number of aliphatic hydroxyl groups is 1. The van der Waals surface area contributed by atoms with E-state index in [2.05, 4.69) is 14.7 Å². The second kappa shape index (κ2) is 5.77. The van der Waals surface area contributed by atoms with Gasteiger partial charge in [0, 0.05) is 18.8 Å². The fourth-order valence-electron chi connectivity index (χ4n) is 1.99. The van der Waals surface area contributed by atoms with Gasteiger partial charge in [0.1, 0.15) is 5.82 Å². The van der Waals surface area contributed by atoms with Crippen LogP contribution in [0, 0.1) is 0 Å². The van der Waals surface area contributed by atoms with Crippen LogP contribution < -0.4 is 4.90 Å². The van der Waals surface area contributed by atoms with Crippen LogP contribution in [0.3, 0.4) is 0 Å². The first-order valence-corrected chi connectivity index (χ1v) is 6.05. The topological polar surface area (TPSA) is 75.5 Å². The summed E-state index contributed by atoms with van der Waals surface area (Å²) in [6, 6.07) is 2.15. The number of carbonyl (C=O) groups is 1. The first kappa shape index (κ1) is 12.8. The minimum atomic E-state index is -0.547. The van der Waals surface area contributed by atoms with E-state index in [9.17, 15) is 4.79 Å². The number of hydrogen-bond acceptors (Lipinski definition) is 6. The molecule has 0 atom stereocenters. The van der Waals surface area contributed by atoms with Gasteiger partial charge in [-0.1, -0.05) is 0 Å². The Labute approximate surface area is 106 Å². The van der Waals surface area contributed by atoms with Gasteiger partial charge < -0.3 is 14.7 Å². The summed E-state index contributed by atoms with van der Waals surface area (Å²) >= 11 is 0. The van der Waals surface area contributed by atoms with E-state index in [1.54, 1.807) is 6.07 Å². The zero-order valence-corrected chi connectivity index (χ0v) is 10.4. The molecule has 6 heteroatoms. The second-order valence-corrected chi connectivity index (χ2v) is 4.23. The number of nitrogens with zero attached hydrogens (tertiary/aromatic N) is 3. The molecule has 0 radical (unpaired) electrons. The van der Waals surface area contributed by atoms with E-state index in [-0.39, 0.29) is 12.4 Å². The average molecular weight is 251 g/mol. The summed E-state index contributed by atoms with van der Waals surface area (Å²) in [5, 5.41) is 9.11. The fourth-order valence-corrected chi connectivity index (χ4v) is 1.99. The molecule has 0 saturated heterocycles. The summed E-state index contributed by atoms with van der Waals surface area (Å²) < 4.78 is 4.60. The highest BCUT2D eigenvalue weighted by Crippen LogP contribution is 2.28. The van der Waals surface area contributed by atoms with E-state index in [4.69, 9.17) is 5.11 Å². The Morgan fingerprint density at radius 2 is 2.39 bits per heavy atom. The highest BCUT2D eigenvalue weighted by molar-refractivity contribution is 5.85. The van der Waals surface area contributed by atoms with Gasteiger partial charge in [0.2, 0.25) is 5.82 Å². The number of aliphatic hydroxyl groups excluding tert-OH is 1. The number of esters is 1. The lowest BCUT2D eigenvalue weighted by Crippen LogP contribution is -2.42. The van der Waals surface area contributed by atoms with Crippen molar-refractivity contribution in [3.63, 3.8) is 0 Å². The van der Waals surface area contributed by atoms with Gasteiger partial charge in [0.15, 0.2) is 0 Å². The number of aromatic nitrogens is 2. The molecule has 18 heavy (non-hydrogen) atoms. The Kier molecular flexibility index (Phi) is 4.09. The zero-order valence-electron chi connectivity index (χ0n) is 10.4. The zero-order chi connectivity index (χ0) is 13.0. The molecule has 0 bridgehead atoms. The molecule has 1 heterocycles. The van der Waals surface area contributed by atoms with Crippen LogP contribution in [-0.2, 0) is 4.74 Å². The van der Waals surface area contributed by atoms with E-state index < -0.39 is 5.97 Å². The van der Waals surface area contributed by atoms with Crippen LogP contribution in [0.25, 0.3) is 0 Å². The number of anilines is 1. The molecule has 1 N–H and O–H groups in total. The van der Waals surface area contributed by atoms with Gasteiger partial charge in [-0.3, -0.25) is 0 Å². The maximum absolute atomic E-state index is 11.4. The maximum Gasteiger partial charge on any atom is 0.376 e. The molecule has 0 amide bonds. The summed E-state index contributed by atoms with van der Waals surface area (Å²) in [5.41, 5.74) is 0. The first-order valence-electron chi connectivity index (χ1n) is 6.05. The van der Waals surface area contributed by atoms with Crippen molar-refractivity contribution in [3.05, 3.63) is 18.1 Å². The van der Waals surface area contributed by atoms with E-state index in [0.29, 0.717) is 18.4 Å². The molecular formula is C12H17N3O3. The highest BCUT2D eigenvalue weighted by atomic mass is 16.5. The minimum Gasteiger partial charge on any atom is -0.463 e.